The summed E-state index contributed by atoms with van der Waals surface area (Å²) in [4.78, 5) is 8.29. The number of aromatic amines is 1. The molecular weight excluding hydrogens is 168 g/mol. The van der Waals surface area contributed by atoms with Crippen molar-refractivity contribution in [2.75, 3.05) is 0 Å². The summed E-state index contributed by atoms with van der Waals surface area (Å²) in [6.07, 6.45) is 0. The van der Waals surface area contributed by atoms with Gasteiger partial charge in [-0.1, -0.05) is 0 Å². The minimum atomic E-state index is 0.565. The lowest BCUT2D eigenvalue weighted by atomic mass is 10.3. The first-order valence-corrected chi connectivity index (χ1v) is 4.00. The summed E-state index contributed by atoms with van der Waals surface area (Å²) in [5.74, 6) is 2.61. The molecule has 2 rings (SSSR count). The van der Waals surface area contributed by atoms with Crippen molar-refractivity contribution >= 4 is 0 Å². The number of oxazole rings is 1. The molecule has 2 aromatic heterocycles. The van der Waals surface area contributed by atoms with Gasteiger partial charge in [-0.05, 0) is 13.8 Å². The van der Waals surface area contributed by atoms with Crippen LogP contribution < -0.4 is 0 Å². The van der Waals surface area contributed by atoms with Crippen LogP contribution in [-0.2, 0) is 0 Å². The predicted octanol–water partition coefficient (Wildman–Crippen LogP) is 1.38. The van der Waals surface area contributed by atoms with Crippen LogP contribution in [0.4, 0.5) is 0 Å². The Kier molecular flexibility index (Phi) is 1.65. The first-order chi connectivity index (χ1) is 6.16. The Morgan fingerprint density at radius 2 is 1.92 bits per heavy atom. The summed E-state index contributed by atoms with van der Waals surface area (Å²) in [6.45, 7) is 5.52. The van der Waals surface area contributed by atoms with Gasteiger partial charge in [-0.15, -0.1) is 5.10 Å². The van der Waals surface area contributed by atoms with Gasteiger partial charge in [0.25, 0.3) is 0 Å². The van der Waals surface area contributed by atoms with E-state index in [9.17, 15) is 0 Å². The Bertz CT molecular complexity index is 429. The fourth-order valence-electron chi connectivity index (χ4n) is 1.18. The van der Waals surface area contributed by atoms with Gasteiger partial charge < -0.3 is 4.42 Å². The molecule has 0 aromatic carbocycles. The van der Waals surface area contributed by atoms with E-state index in [2.05, 4.69) is 20.2 Å². The molecule has 0 aliphatic rings. The molecule has 13 heavy (non-hydrogen) atoms. The molecule has 68 valence electrons. The third-order valence-corrected chi connectivity index (χ3v) is 1.70. The Labute approximate surface area is 75.2 Å². The number of nitrogens with zero attached hydrogens (tertiary/aromatic N) is 3. The molecule has 0 atom stereocenters. The summed E-state index contributed by atoms with van der Waals surface area (Å²) in [6, 6.07) is 0. The van der Waals surface area contributed by atoms with Crippen molar-refractivity contribution in [1.29, 1.82) is 0 Å². The minimum absolute atomic E-state index is 0.565. The van der Waals surface area contributed by atoms with Gasteiger partial charge in [-0.2, -0.15) is 0 Å². The van der Waals surface area contributed by atoms with Gasteiger partial charge in [0.05, 0.1) is 5.69 Å². The van der Waals surface area contributed by atoms with Crippen molar-refractivity contribution in [3.8, 4) is 11.6 Å². The number of nitrogens with one attached hydrogen (secondary N) is 1. The van der Waals surface area contributed by atoms with Crippen molar-refractivity contribution < 1.29 is 4.42 Å². The van der Waals surface area contributed by atoms with Crippen molar-refractivity contribution in [3.63, 3.8) is 0 Å². The molecule has 0 aliphatic heterocycles. The highest BCUT2D eigenvalue weighted by Gasteiger charge is 2.13. The van der Waals surface area contributed by atoms with Crippen LogP contribution in [0.2, 0.25) is 0 Å². The monoisotopic (exact) mass is 178 g/mol. The number of aromatic nitrogens is 4. The number of hydrogen-bond donors (Lipinski definition) is 1. The van der Waals surface area contributed by atoms with E-state index in [1.54, 1.807) is 6.92 Å². The van der Waals surface area contributed by atoms with Crippen LogP contribution in [0.1, 0.15) is 17.4 Å². The van der Waals surface area contributed by atoms with Crippen molar-refractivity contribution in [3.05, 3.63) is 17.4 Å². The summed E-state index contributed by atoms with van der Waals surface area (Å²) >= 11 is 0. The van der Waals surface area contributed by atoms with E-state index < -0.39 is 0 Å². The molecule has 0 unspecified atom stereocenters. The average Bonchev–Trinajstić information content (AvgIpc) is 2.58. The largest absolute Gasteiger partial charge is 0.437 e. The molecule has 2 aromatic rings. The molecule has 5 nitrogen and oxygen atoms in total. The predicted molar refractivity (Wildman–Crippen MR) is 46.1 cm³/mol. The maximum atomic E-state index is 5.36. The van der Waals surface area contributed by atoms with Crippen LogP contribution in [0.3, 0.4) is 0 Å². The zero-order chi connectivity index (χ0) is 9.42. The van der Waals surface area contributed by atoms with Gasteiger partial charge in [0.1, 0.15) is 5.82 Å². The van der Waals surface area contributed by atoms with Gasteiger partial charge >= 0.3 is 0 Å². The molecule has 5 heteroatoms. The van der Waals surface area contributed by atoms with Crippen molar-refractivity contribution in [1.82, 2.24) is 20.2 Å². The van der Waals surface area contributed by atoms with E-state index in [4.69, 9.17) is 4.42 Å². The van der Waals surface area contributed by atoms with Crippen LogP contribution in [0, 0.1) is 20.8 Å². The number of H-pyrrole nitrogens is 1. The standard InChI is InChI=1S/C8H10N4O/c1-4-7(13-6(3)9-4)8-10-5(2)11-12-8/h1-3H3,(H,10,11,12). The van der Waals surface area contributed by atoms with Crippen LogP contribution in [0.5, 0.6) is 0 Å². The molecule has 0 amide bonds. The van der Waals surface area contributed by atoms with Crippen LogP contribution in [0.25, 0.3) is 11.6 Å². The first kappa shape index (κ1) is 7.97. The quantitative estimate of drug-likeness (QED) is 0.716. The van der Waals surface area contributed by atoms with Crippen molar-refractivity contribution in [2.24, 2.45) is 0 Å². The first-order valence-electron chi connectivity index (χ1n) is 4.00. The lowest BCUT2D eigenvalue weighted by Crippen LogP contribution is -1.81. The summed E-state index contributed by atoms with van der Waals surface area (Å²) in [5, 5.41) is 6.75. The Hall–Kier alpha value is -1.65. The molecule has 0 fully saturated rings. The smallest absolute Gasteiger partial charge is 0.218 e. The van der Waals surface area contributed by atoms with Gasteiger partial charge in [-0.3, -0.25) is 5.10 Å². The van der Waals surface area contributed by atoms with Gasteiger partial charge in [0.2, 0.25) is 5.82 Å². The van der Waals surface area contributed by atoms with E-state index >= 15 is 0 Å². The summed E-state index contributed by atoms with van der Waals surface area (Å²) in [5.41, 5.74) is 0.816. The molecule has 0 spiro atoms. The SMILES string of the molecule is Cc1nc(-c2oc(C)nc2C)n[nH]1. The molecule has 1 N–H and O–H groups in total. The second kappa shape index (κ2) is 2.69. The number of aryl methyl sites for hydroxylation is 3. The lowest BCUT2D eigenvalue weighted by molar-refractivity contribution is 0.530. The second-order valence-electron chi connectivity index (χ2n) is 2.89. The number of hydrogen-bond acceptors (Lipinski definition) is 4. The highest BCUT2D eigenvalue weighted by atomic mass is 16.4. The maximum Gasteiger partial charge on any atom is 0.218 e. The molecule has 0 aliphatic carbocycles. The molecule has 2 heterocycles. The molecular formula is C8H10N4O. The maximum absolute atomic E-state index is 5.36. The van der Waals surface area contributed by atoms with E-state index in [1.165, 1.54) is 0 Å². The summed E-state index contributed by atoms with van der Waals surface area (Å²) in [7, 11) is 0. The fraction of sp³-hybridized carbons (Fsp3) is 0.375. The molecule has 0 bridgehead atoms. The molecule has 0 radical (unpaired) electrons. The van der Waals surface area contributed by atoms with Gasteiger partial charge in [0.15, 0.2) is 11.7 Å². The minimum Gasteiger partial charge on any atom is -0.437 e. The van der Waals surface area contributed by atoms with Crippen LogP contribution >= 0.6 is 0 Å². The van der Waals surface area contributed by atoms with Crippen molar-refractivity contribution in [2.45, 2.75) is 20.8 Å². The third-order valence-electron chi connectivity index (χ3n) is 1.70. The second-order valence-corrected chi connectivity index (χ2v) is 2.89. The average molecular weight is 178 g/mol. The zero-order valence-electron chi connectivity index (χ0n) is 7.75. The normalized spacial score (nSPS) is 10.7. The molecule has 0 saturated heterocycles. The van der Waals surface area contributed by atoms with E-state index in [0.717, 1.165) is 11.5 Å². The molecule has 0 saturated carbocycles. The zero-order valence-corrected chi connectivity index (χ0v) is 7.75. The third kappa shape index (κ3) is 1.32. The van der Waals surface area contributed by atoms with E-state index in [-0.39, 0.29) is 0 Å². The Morgan fingerprint density at radius 1 is 1.15 bits per heavy atom. The summed E-state index contributed by atoms with van der Waals surface area (Å²) < 4.78 is 5.36. The van der Waals surface area contributed by atoms with Gasteiger partial charge in [0, 0.05) is 6.92 Å². The van der Waals surface area contributed by atoms with E-state index in [0.29, 0.717) is 17.5 Å². The highest BCUT2D eigenvalue weighted by molar-refractivity contribution is 5.49. The van der Waals surface area contributed by atoms with Gasteiger partial charge in [-0.25, -0.2) is 9.97 Å². The van der Waals surface area contributed by atoms with Crippen LogP contribution in [0.15, 0.2) is 4.42 Å². The number of rotatable bonds is 1. The highest BCUT2D eigenvalue weighted by Crippen LogP contribution is 2.19. The Morgan fingerprint density at radius 3 is 2.38 bits per heavy atom. The fourth-order valence-corrected chi connectivity index (χ4v) is 1.18. The van der Waals surface area contributed by atoms with E-state index in [1.807, 2.05) is 13.8 Å². The van der Waals surface area contributed by atoms with Crippen LogP contribution in [-0.4, -0.2) is 20.2 Å². The topological polar surface area (TPSA) is 67.6 Å². The Balaban J connectivity index is 2.51. The lowest BCUT2D eigenvalue weighted by Gasteiger charge is -1.86.